The van der Waals surface area contributed by atoms with Crippen LogP contribution in [0.3, 0.4) is 0 Å². The van der Waals surface area contributed by atoms with E-state index in [9.17, 15) is 9.59 Å². The van der Waals surface area contributed by atoms with Gasteiger partial charge < -0.3 is 19.7 Å². The molecule has 2 N–H and O–H groups in total. The standard InChI is InChI=1S/C16H22N4O4/c21-12(20-6-4-17-5-7-20)9-24-11-3-8-23-15-13(10-1-2-10)16(22)19-18-14(11)15/h10-11,17H,1-9H2,(H,19,22)/t11-/m1/s1. The number of ether oxygens (including phenoxy) is 2. The average molecular weight is 334 g/mol. The number of aromatic nitrogens is 2. The molecule has 1 saturated carbocycles. The summed E-state index contributed by atoms with van der Waals surface area (Å²) in [6.07, 6.45) is 2.34. The largest absolute Gasteiger partial charge is 0.491 e. The number of hydrogen-bond donors (Lipinski definition) is 2. The molecule has 8 nitrogen and oxygen atoms in total. The molecule has 1 aromatic heterocycles. The van der Waals surface area contributed by atoms with Crippen LogP contribution < -0.4 is 15.6 Å². The van der Waals surface area contributed by atoms with Crippen LogP contribution in [0.15, 0.2) is 4.79 Å². The van der Waals surface area contributed by atoms with Gasteiger partial charge in [0.2, 0.25) is 5.91 Å². The Bertz CT molecular complexity index is 679. The van der Waals surface area contributed by atoms with Crippen LogP contribution in [0.1, 0.15) is 42.5 Å². The molecule has 8 heteroatoms. The molecule has 0 aromatic carbocycles. The number of nitrogens with one attached hydrogen (secondary N) is 2. The molecule has 0 bridgehead atoms. The highest BCUT2D eigenvalue weighted by atomic mass is 16.5. The predicted molar refractivity (Wildman–Crippen MR) is 85.1 cm³/mol. The number of amides is 1. The van der Waals surface area contributed by atoms with E-state index in [2.05, 4.69) is 15.5 Å². The second-order valence-electron chi connectivity index (χ2n) is 6.52. The van der Waals surface area contributed by atoms with Crippen molar-refractivity contribution in [3.63, 3.8) is 0 Å². The minimum Gasteiger partial charge on any atom is -0.491 e. The Kier molecular flexibility index (Phi) is 4.24. The number of H-pyrrole nitrogens is 1. The molecule has 2 aliphatic heterocycles. The summed E-state index contributed by atoms with van der Waals surface area (Å²) in [5.41, 5.74) is 1.14. The van der Waals surface area contributed by atoms with Crippen LogP contribution in [-0.4, -0.2) is 60.4 Å². The first-order chi connectivity index (χ1) is 11.7. The molecule has 130 valence electrons. The van der Waals surface area contributed by atoms with Gasteiger partial charge >= 0.3 is 0 Å². The summed E-state index contributed by atoms with van der Waals surface area (Å²) in [5.74, 6) is 0.843. The zero-order chi connectivity index (χ0) is 16.5. The normalized spacial score (nSPS) is 23.5. The lowest BCUT2D eigenvalue weighted by Gasteiger charge is -2.29. The van der Waals surface area contributed by atoms with Gasteiger partial charge in [0.15, 0.2) is 5.75 Å². The fourth-order valence-electron chi connectivity index (χ4n) is 3.32. The average Bonchev–Trinajstić information content (AvgIpc) is 3.45. The molecule has 1 amide bonds. The van der Waals surface area contributed by atoms with E-state index in [1.807, 2.05) is 4.90 Å². The first-order valence-electron chi connectivity index (χ1n) is 8.59. The van der Waals surface area contributed by atoms with Gasteiger partial charge in [0.25, 0.3) is 5.56 Å². The van der Waals surface area contributed by atoms with E-state index in [0.29, 0.717) is 43.1 Å². The Balaban J connectivity index is 1.47. The van der Waals surface area contributed by atoms with Crippen molar-refractivity contribution in [2.75, 3.05) is 39.4 Å². The van der Waals surface area contributed by atoms with Crippen LogP contribution in [0.25, 0.3) is 0 Å². The molecule has 1 aromatic rings. The maximum Gasteiger partial charge on any atom is 0.271 e. The predicted octanol–water partition coefficient (Wildman–Crippen LogP) is -0.0807. The van der Waals surface area contributed by atoms with E-state index in [1.54, 1.807) is 0 Å². The first-order valence-corrected chi connectivity index (χ1v) is 8.59. The Labute approximate surface area is 139 Å². The quantitative estimate of drug-likeness (QED) is 0.799. The van der Waals surface area contributed by atoms with Crippen LogP contribution in [0.2, 0.25) is 0 Å². The minimum absolute atomic E-state index is 0.00335. The lowest BCUT2D eigenvalue weighted by atomic mass is 10.0. The van der Waals surface area contributed by atoms with Crippen molar-refractivity contribution in [2.45, 2.75) is 31.3 Å². The third kappa shape index (κ3) is 3.03. The van der Waals surface area contributed by atoms with Gasteiger partial charge in [0.05, 0.1) is 12.2 Å². The fourth-order valence-corrected chi connectivity index (χ4v) is 3.32. The van der Waals surface area contributed by atoms with Crippen molar-refractivity contribution in [1.82, 2.24) is 20.4 Å². The van der Waals surface area contributed by atoms with Crippen LogP contribution in [0, 0.1) is 0 Å². The van der Waals surface area contributed by atoms with Gasteiger partial charge in [-0.15, -0.1) is 0 Å². The van der Waals surface area contributed by atoms with Crippen molar-refractivity contribution in [3.05, 3.63) is 21.6 Å². The maximum atomic E-state index is 12.3. The van der Waals surface area contributed by atoms with Gasteiger partial charge in [0, 0.05) is 32.6 Å². The Morgan fingerprint density at radius 3 is 2.83 bits per heavy atom. The zero-order valence-electron chi connectivity index (χ0n) is 13.5. The van der Waals surface area contributed by atoms with Crippen molar-refractivity contribution < 1.29 is 14.3 Å². The molecule has 1 atom stereocenters. The highest BCUT2D eigenvalue weighted by Gasteiger charge is 2.36. The molecule has 1 aliphatic carbocycles. The van der Waals surface area contributed by atoms with Gasteiger partial charge in [-0.05, 0) is 18.8 Å². The number of carbonyl (C=O) groups is 1. The van der Waals surface area contributed by atoms with E-state index in [4.69, 9.17) is 9.47 Å². The highest BCUT2D eigenvalue weighted by Crippen LogP contribution is 2.45. The molecule has 4 rings (SSSR count). The van der Waals surface area contributed by atoms with Gasteiger partial charge in [0.1, 0.15) is 18.4 Å². The minimum atomic E-state index is -0.310. The molecule has 3 aliphatic rings. The zero-order valence-corrected chi connectivity index (χ0v) is 13.5. The molecule has 1 saturated heterocycles. The number of nitrogens with zero attached hydrogens (tertiary/aromatic N) is 2. The topological polar surface area (TPSA) is 96.5 Å². The first kappa shape index (κ1) is 15.6. The summed E-state index contributed by atoms with van der Waals surface area (Å²) < 4.78 is 11.6. The van der Waals surface area contributed by atoms with Crippen molar-refractivity contribution >= 4 is 5.91 Å². The van der Waals surface area contributed by atoms with Crippen LogP contribution in [-0.2, 0) is 9.53 Å². The molecular formula is C16H22N4O4. The number of carbonyl (C=O) groups excluding carboxylic acids is 1. The van der Waals surface area contributed by atoms with E-state index in [0.717, 1.165) is 25.9 Å². The van der Waals surface area contributed by atoms with E-state index < -0.39 is 0 Å². The van der Waals surface area contributed by atoms with Gasteiger partial charge in [-0.25, -0.2) is 5.10 Å². The molecule has 0 radical (unpaired) electrons. The van der Waals surface area contributed by atoms with Crippen LogP contribution >= 0.6 is 0 Å². The van der Waals surface area contributed by atoms with Crippen molar-refractivity contribution in [1.29, 1.82) is 0 Å². The highest BCUT2D eigenvalue weighted by molar-refractivity contribution is 5.77. The third-order valence-corrected chi connectivity index (χ3v) is 4.79. The molecule has 0 unspecified atom stereocenters. The van der Waals surface area contributed by atoms with Crippen molar-refractivity contribution in [3.8, 4) is 5.75 Å². The van der Waals surface area contributed by atoms with Gasteiger partial charge in [-0.1, -0.05) is 0 Å². The van der Waals surface area contributed by atoms with E-state index in [1.165, 1.54) is 0 Å². The summed E-state index contributed by atoms with van der Waals surface area (Å²) in [4.78, 5) is 26.1. The van der Waals surface area contributed by atoms with Crippen LogP contribution in [0.4, 0.5) is 0 Å². The number of fused-ring (bicyclic) bond motifs is 1. The molecule has 24 heavy (non-hydrogen) atoms. The summed E-state index contributed by atoms with van der Waals surface area (Å²) in [6, 6.07) is 0. The smallest absolute Gasteiger partial charge is 0.271 e. The maximum absolute atomic E-state index is 12.3. The summed E-state index contributed by atoms with van der Waals surface area (Å²) in [6.45, 7) is 3.57. The third-order valence-electron chi connectivity index (χ3n) is 4.79. The number of aromatic amines is 1. The number of rotatable bonds is 4. The number of piperazine rings is 1. The monoisotopic (exact) mass is 334 g/mol. The van der Waals surface area contributed by atoms with E-state index >= 15 is 0 Å². The second kappa shape index (κ2) is 6.52. The molecule has 3 heterocycles. The molecule has 2 fully saturated rings. The Morgan fingerprint density at radius 1 is 1.29 bits per heavy atom. The second-order valence-corrected chi connectivity index (χ2v) is 6.52. The van der Waals surface area contributed by atoms with Crippen LogP contribution in [0.5, 0.6) is 5.75 Å². The fraction of sp³-hybridized carbons (Fsp3) is 0.688. The lowest BCUT2D eigenvalue weighted by molar-refractivity contribution is -0.139. The summed E-state index contributed by atoms with van der Waals surface area (Å²) in [7, 11) is 0. The summed E-state index contributed by atoms with van der Waals surface area (Å²) >= 11 is 0. The number of hydrogen-bond acceptors (Lipinski definition) is 6. The molecule has 0 spiro atoms. The van der Waals surface area contributed by atoms with E-state index in [-0.39, 0.29) is 30.1 Å². The van der Waals surface area contributed by atoms with Crippen molar-refractivity contribution in [2.24, 2.45) is 0 Å². The summed E-state index contributed by atoms with van der Waals surface area (Å²) in [5, 5.41) is 9.92. The Hall–Kier alpha value is -1.93. The molecular weight excluding hydrogens is 312 g/mol. The SMILES string of the molecule is O=C(CO[C@@H]1CCOc2c1n[nH]c(=O)c2C1CC1)N1CCNCC1. The van der Waals surface area contributed by atoms with Gasteiger partial charge in [-0.2, -0.15) is 5.10 Å². The Morgan fingerprint density at radius 2 is 2.08 bits per heavy atom. The lowest BCUT2D eigenvalue weighted by Crippen LogP contribution is -2.47. The van der Waals surface area contributed by atoms with Gasteiger partial charge in [-0.3, -0.25) is 9.59 Å².